The van der Waals surface area contributed by atoms with Crippen LogP contribution in [0.2, 0.25) is 0 Å². The summed E-state index contributed by atoms with van der Waals surface area (Å²) in [7, 11) is 0. The largest absolute Gasteiger partial charge is 0.312 e. The van der Waals surface area contributed by atoms with Crippen molar-refractivity contribution in [2.45, 2.75) is 79.2 Å². The first kappa shape index (κ1) is 16.5. The summed E-state index contributed by atoms with van der Waals surface area (Å²) >= 11 is 0. The van der Waals surface area contributed by atoms with Gasteiger partial charge in [0.2, 0.25) is 0 Å². The number of benzene rings is 1. The van der Waals surface area contributed by atoms with Crippen LogP contribution in [-0.2, 0) is 6.42 Å². The van der Waals surface area contributed by atoms with Crippen LogP contribution in [0.1, 0.15) is 68.7 Å². The fourth-order valence-corrected chi connectivity index (χ4v) is 3.86. The van der Waals surface area contributed by atoms with Gasteiger partial charge in [0.05, 0.1) is 0 Å². The van der Waals surface area contributed by atoms with Crippen LogP contribution in [0.15, 0.2) is 12.1 Å². The molecule has 1 aromatic carbocycles. The van der Waals surface area contributed by atoms with E-state index in [2.05, 4.69) is 59.0 Å². The maximum absolute atomic E-state index is 3.78. The zero-order valence-corrected chi connectivity index (χ0v) is 14.9. The van der Waals surface area contributed by atoms with Crippen LogP contribution < -0.4 is 5.32 Å². The van der Waals surface area contributed by atoms with Crippen molar-refractivity contribution in [1.29, 1.82) is 0 Å². The van der Waals surface area contributed by atoms with Crippen LogP contribution in [0, 0.1) is 26.2 Å². The molecule has 21 heavy (non-hydrogen) atoms. The van der Waals surface area contributed by atoms with Crippen molar-refractivity contribution in [2.75, 3.05) is 6.54 Å². The number of nitrogens with one attached hydrogen (secondary N) is 1. The normalized spacial score (nSPS) is 18.2. The Morgan fingerprint density at radius 1 is 1.00 bits per heavy atom. The summed E-state index contributed by atoms with van der Waals surface area (Å²) in [5.41, 5.74) is 6.63. The van der Waals surface area contributed by atoms with Crippen LogP contribution in [0.4, 0.5) is 0 Å². The van der Waals surface area contributed by atoms with Crippen LogP contribution in [0.5, 0.6) is 0 Å². The first-order chi connectivity index (χ1) is 9.71. The Hall–Kier alpha value is -0.820. The van der Waals surface area contributed by atoms with Gasteiger partial charge in [0.1, 0.15) is 0 Å². The van der Waals surface area contributed by atoms with Crippen molar-refractivity contribution >= 4 is 0 Å². The summed E-state index contributed by atoms with van der Waals surface area (Å²) in [5.74, 6) is 0. The lowest BCUT2D eigenvalue weighted by molar-refractivity contribution is 0.244. The first-order valence-electron chi connectivity index (χ1n) is 8.53. The Kier molecular flexibility index (Phi) is 4.82. The molecule has 0 aliphatic heterocycles. The second-order valence-electron chi connectivity index (χ2n) is 8.36. The highest BCUT2D eigenvalue weighted by Gasteiger charge is 2.35. The Morgan fingerprint density at radius 2 is 1.52 bits per heavy atom. The van der Waals surface area contributed by atoms with Gasteiger partial charge in [-0.15, -0.1) is 0 Å². The van der Waals surface area contributed by atoms with Gasteiger partial charge >= 0.3 is 0 Å². The van der Waals surface area contributed by atoms with Gasteiger partial charge in [0.25, 0.3) is 0 Å². The van der Waals surface area contributed by atoms with Crippen molar-refractivity contribution < 1.29 is 0 Å². The van der Waals surface area contributed by atoms with E-state index in [1.165, 1.54) is 48.8 Å². The molecule has 1 aliphatic rings. The summed E-state index contributed by atoms with van der Waals surface area (Å²) in [6.07, 6.45) is 6.80. The molecule has 118 valence electrons. The van der Waals surface area contributed by atoms with E-state index < -0.39 is 0 Å². The average molecular weight is 287 g/mol. The summed E-state index contributed by atoms with van der Waals surface area (Å²) in [6.45, 7) is 14.8. The van der Waals surface area contributed by atoms with E-state index in [-0.39, 0.29) is 5.54 Å². The van der Waals surface area contributed by atoms with E-state index >= 15 is 0 Å². The van der Waals surface area contributed by atoms with Gasteiger partial charge in [-0.05, 0) is 82.9 Å². The fraction of sp³-hybridized carbons (Fsp3) is 0.700. The lowest BCUT2D eigenvalue weighted by atomic mass is 9.77. The van der Waals surface area contributed by atoms with E-state index in [4.69, 9.17) is 0 Å². The van der Waals surface area contributed by atoms with E-state index in [0.717, 1.165) is 6.54 Å². The highest BCUT2D eigenvalue weighted by molar-refractivity contribution is 5.38. The number of aryl methyl sites for hydroxylation is 3. The van der Waals surface area contributed by atoms with Gasteiger partial charge < -0.3 is 5.32 Å². The van der Waals surface area contributed by atoms with Gasteiger partial charge in [0.15, 0.2) is 0 Å². The molecule has 1 aliphatic carbocycles. The van der Waals surface area contributed by atoms with Crippen LogP contribution in [-0.4, -0.2) is 12.1 Å². The number of rotatable bonds is 4. The third-order valence-electron chi connectivity index (χ3n) is 5.05. The summed E-state index contributed by atoms with van der Waals surface area (Å²) in [6, 6.07) is 4.70. The molecule has 0 bridgehead atoms. The molecule has 1 nitrogen and oxygen atoms in total. The van der Waals surface area contributed by atoms with Crippen LogP contribution in [0.3, 0.4) is 0 Å². The molecule has 0 saturated heterocycles. The molecule has 1 N–H and O–H groups in total. The van der Waals surface area contributed by atoms with E-state index in [1.54, 1.807) is 5.56 Å². The fourth-order valence-electron chi connectivity index (χ4n) is 3.86. The van der Waals surface area contributed by atoms with E-state index in [1.807, 2.05) is 0 Å². The molecular formula is C20H33N. The zero-order valence-electron chi connectivity index (χ0n) is 14.9. The minimum atomic E-state index is 0.215. The molecule has 1 saturated carbocycles. The lowest BCUT2D eigenvalue weighted by Gasteiger charge is -2.34. The van der Waals surface area contributed by atoms with Gasteiger partial charge in [0, 0.05) is 12.1 Å². The highest BCUT2D eigenvalue weighted by Crippen LogP contribution is 2.42. The number of hydrogen-bond acceptors (Lipinski definition) is 1. The zero-order chi connectivity index (χ0) is 15.7. The molecular weight excluding hydrogens is 254 g/mol. The molecule has 1 aromatic rings. The Labute approximate surface area is 131 Å². The quantitative estimate of drug-likeness (QED) is 0.812. The van der Waals surface area contributed by atoms with E-state index in [0.29, 0.717) is 5.41 Å². The lowest BCUT2D eigenvalue weighted by Crippen LogP contribution is -2.44. The minimum absolute atomic E-state index is 0.215. The minimum Gasteiger partial charge on any atom is -0.312 e. The molecule has 2 rings (SSSR count). The molecule has 0 aromatic heterocycles. The molecule has 0 spiro atoms. The summed E-state index contributed by atoms with van der Waals surface area (Å²) in [4.78, 5) is 0. The monoisotopic (exact) mass is 287 g/mol. The first-order valence-corrected chi connectivity index (χ1v) is 8.53. The van der Waals surface area contributed by atoms with Crippen molar-refractivity contribution in [3.63, 3.8) is 0 Å². The Bertz CT molecular complexity index is 464. The predicted molar refractivity (Wildman–Crippen MR) is 93.0 cm³/mol. The molecule has 1 heteroatoms. The van der Waals surface area contributed by atoms with Gasteiger partial charge in [-0.3, -0.25) is 0 Å². The third-order valence-corrected chi connectivity index (χ3v) is 5.05. The van der Waals surface area contributed by atoms with Crippen molar-refractivity contribution in [3.05, 3.63) is 34.4 Å². The van der Waals surface area contributed by atoms with Crippen molar-refractivity contribution in [3.8, 4) is 0 Å². The molecule has 0 amide bonds. The van der Waals surface area contributed by atoms with E-state index in [9.17, 15) is 0 Å². The third kappa shape index (κ3) is 4.32. The smallest absolute Gasteiger partial charge is 0.00967 e. The molecule has 0 radical (unpaired) electrons. The molecule has 0 unspecified atom stereocenters. The topological polar surface area (TPSA) is 12.0 Å². The molecule has 1 fully saturated rings. The van der Waals surface area contributed by atoms with Crippen LogP contribution in [0.25, 0.3) is 0 Å². The Balaban J connectivity index is 2.21. The summed E-state index contributed by atoms with van der Waals surface area (Å²) in [5, 5.41) is 3.78. The standard InChI is InChI=1S/C20H33N/c1-15-11-16(2)18(17(3)12-15)13-20(9-7-8-10-20)14-21-19(4,5)6/h11-12,21H,7-10,13-14H2,1-6H3. The summed E-state index contributed by atoms with van der Waals surface area (Å²) < 4.78 is 0. The SMILES string of the molecule is Cc1cc(C)c(CC2(CNC(C)(C)C)CCCC2)c(C)c1. The highest BCUT2D eigenvalue weighted by atomic mass is 15.0. The second kappa shape index (κ2) is 6.12. The van der Waals surface area contributed by atoms with Gasteiger partial charge in [-0.25, -0.2) is 0 Å². The maximum atomic E-state index is 3.78. The van der Waals surface area contributed by atoms with Crippen LogP contribution >= 0.6 is 0 Å². The predicted octanol–water partition coefficient (Wildman–Crippen LogP) is 5.10. The van der Waals surface area contributed by atoms with Gasteiger partial charge in [-0.2, -0.15) is 0 Å². The van der Waals surface area contributed by atoms with Gasteiger partial charge in [-0.1, -0.05) is 30.5 Å². The second-order valence-corrected chi connectivity index (χ2v) is 8.36. The molecule has 0 heterocycles. The average Bonchev–Trinajstić information content (AvgIpc) is 2.80. The van der Waals surface area contributed by atoms with Crippen molar-refractivity contribution in [2.24, 2.45) is 5.41 Å². The number of hydrogen-bond donors (Lipinski definition) is 1. The molecule has 0 atom stereocenters. The Morgan fingerprint density at radius 3 is 2.00 bits per heavy atom. The van der Waals surface area contributed by atoms with Crippen molar-refractivity contribution in [1.82, 2.24) is 5.32 Å². The maximum Gasteiger partial charge on any atom is 0.00967 e.